The van der Waals surface area contributed by atoms with Crippen molar-refractivity contribution in [2.45, 2.75) is 19.3 Å². The van der Waals surface area contributed by atoms with E-state index in [0.717, 1.165) is 32.7 Å². The first kappa shape index (κ1) is 22.4. The summed E-state index contributed by atoms with van der Waals surface area (Å²) in [5, 5.41) is 3.26. The van der Waals surface area contributed by atoms with Gasteiger partial charge in [-0.1, -0.05) is 6.42 Å². The van der Waals surface area contributed by atoms with Crippen LogP contribution in [-0.2, 0) is 4.79 Å². The minimum Gasteiger partial charge on any atom is -0.493 e. The van der Waals surface area contributed by atoms with Gasteiger partial charge in [-0.15, -0.1) is 0 Å². The maximum Gasteiger partial charge on any atom is 0.254 e. The van der Waals surface area contributed by atoms with Crippen molar-refractivity contribution in [2.24, 2.45) is 0 Å². The first-order valence-corrected chi connectivity index (χ1v) is 10.8. The molecule has 1 N–H and O–H groups in total. The van der Waals surface area contributed by atoms with Gasteiger partial charge in [-0.05, 0) is 44.1 Å². The number of likely N-dealkylation sites (tertiary alicyclic amines) is 1. The van der Waals surface area contributed by atoms with Crippen molar-refractivity contribution < 1.29 is 19.1 Å². The third-order valence-corrected chi connectivity index (χ3v) is 5.85. The molecule has 1 aromatic rings. The maximum atomic E-state index is 13.3. The highest BCUT2D eigenvalue weighted by Gasteiger charge is 2.25. The third-order valence-electron chi connectivity index (χ3n) is 5.85. The fourth-order valence-electron chi connectivity index (χ4n) is 4.03. The Morgan fingerprint density at radius 2 is 1.70 bits per heavy atom. The molecule has 0 atom stereocenters. The highest BCUT2D eigenvalue weighted by Crippen LogP contribution is 2.28. The molecule has 166 valence electrons. The predicted molar refractivity (Wildman–Crippen MR) is 115 cm³/mol. The van der Waals surface area contributed by atoms with Crippen LogP contribution in [0.1, 0.15) is 29.6 Å². The Hall–Kier alpha value is -2.32. The molecule has 8 heteroatoms. The lowest BCUT2D eigenvalue weighted by molar-refractivity contribution is -0.132. The van der Waals surface area contributed by atoms with Crippen LogP contribution >= 0.6 is 0 Å². The first-order chi connectivity index (χ1) is 14.6. The van der Waals surface area contributed by atoms with Crippen LogP contribution in [0.3, 0.4) is 0 Å². The highest BCUT2D eigenvalue weighted by atomic mass is 16.5. The molecule has 0 radical (unpaired) electrons. The fourth-order valence-corrected chi connectivity index (χ4v) is 4.03. The topological polar surface area (TPSA) is 74.4 Å². The summed E-state index contributed by atoms with van der Waals surface area (Å²) >= 11 is 0. The highest BCUT2D eigenvalue weighted by molar-refractivity contribution is 5.97. The number of carbonyl (C=O) groups excluding carboxylic acids is 2. The zero-order valence-corrected chi connectivity index (χ0v) is 18.2. The smallest absolute Gasteiger partial charge is 0.254 e. The number of piperidine rings is 1. The average molecular weight is 419 g/mol. The monoisotopic (exact) mass is 418 g/mol. The van der Waals surface area contributed by atoms with E-state index in [2.05, 4.69) is 10.2 Å². The number of piperazine rings is 1. The Morgan fingerprint density at radius 1 is 1.00 bits per heavy atom. The van der Waals surface area contributed by atoms with E-state index < -0.39 is 0 Å². The quantitative estimate of drug-likeness (QED) is 0.681. The number of nitrogens with zero attached hydrogens (tertiary/aromatic N) is 3. The summed E-state index contributed by atoms with van der Waals surface area (Å²) in [5.74, 6) is 0.930. The van der Waals surface area contributed by atoms with Gasteiger partial charge in [0, 0.05) is 44.8 Å². The number of carbonyl (C=O) groups is 2. The number of ether oxygens (including phenoxy) is 2. The van der Waals surface area contributed by atoms with Gasteiger partial charge in [-0.25, -0.2) is 0 Å². The molecule has 0 aliphatic carbocycles. The molecule has 30 heavy (non-hydrogen) atoms. The van der Waals surface area contributed by atoms with Crippen LogP contribution < -0.4 is 14.8 Å². The summed E-state index contributed by atoms with van der Waals surface area (Å²) in [7, 11) is 3.12. The normalized spacial score (nSPS) is 17.5. The second kappa shape index (κ2) is 11.2. The Bertz CT molecular complexity index is 715. The molecule has 3 rings (SSSR count). The van der Waals surface area contributed by atoms with Gasteiger partial charge < -0.3 is 29.5 Å². The van der Waals surface area contributed by atoms with E-state index in [-0.39, 0.29) is 18.4 Å². The molecular weight excluding hydrogens is 384 g/mol. The van der Waals surface area contributed by atoms with Crippen molar-refractivity contribution in [3.05, 3.63) is 23.8 Å². The number of amides is 2. The zero-order chi connectivity index (χ0) is 21.3. The molecule has 2 aliphatic heterocycles. The number of methoxy groups -OCH3 is 2. The van der Waals surface area contributed by atoms with Crippen molar-refractivity contribution in [1.29, 1.82) is 0 Å². The van der Waals surface area contributed by atoms with Crippen LogP contribution in [0.5, 0.6) is 11.5 Å². The maximum absolute atomic E-state index is 13.3. The Morgan fingerprint density at radius 3 is 2.37 bits per heavy atom. The average Bonchev–Trinajstić information content (AvgIpc) is 2.81. The molecule has 2 amide bonds. The van der Waals surface area contributed by atoms with Gasteiger partial charge >= 0.3 is 0 Å². The standard InChI is InChI=1S/C22H34N4O4/c1-29-19-7-6-18(16-20(19)30-2)22(28)26(15-14-24-10-4-3-5-11-24)17-21(27)25-12-8-23-9-13-25/h6-7,16,23H,3-5,8-15,17H2,1-2H3. The van der Waals surface area contributed by atoms with E-state index >= 15 is 0 Å². The molecular formula is C22H34N4O4. The Kier molecular flexibility index (Phi) is 8.33. The molecule has 0 aromatic heterocycles. The molecule has 2 saturated heterocycles. The summed E-state index contributed by atoms with van der Waals surface area (Å²) in [5.41, 5.74) is 0.499. The lowest BCUT2D eigenvalue weighted by atomic mass is 10.1. The van der Waals surface area contributed by atoms with Crippen LogP contribution in [-0.4, -0.2) is 99.6 Å². The Balaban J connectivity index is 1.72. The van der Waals surface area contributed by atoms with Crippen LogP contribution in [0.2, 0.25) is 0 Å². The zero-order valence-electron chi connectivity index (χ0n) is 18.2. The SMILES string of the molecule is COc1ccc(C(=O)N(CCN2CCCCC2)CC(=O)N2CCNCC2)cc1OC. The summed E-state index contributed by atoms with van der Waals surface area (Å²) in [6.45, 7) is 6.49. The van der Waals surface area contributed by atoms with Crippen molar-refractivity contribution in [1.82, 2.24) is 20.0 Å². The third kappa shape index (κ3) is 5.86. The van der Waals surface area contributed by atoms with E-state index in [4.69, 9.17) is 9.47 Å². The van der Waals surface area contributed by atoms with Crippen LogP contribution in [0, 0.1) is 0 Å². The second-order valence-electron chi connectivity index (χ2n) is 7.83. The van der Waals surface area contributed by atoms with Crippen molar-refractivity contribution in [3.8, 4) is 11.5 Å². The van der Waals surface area contributed by atoms with Gasteiger partial charge in [-0.2, -0.15) is 0 Å². The van der Waals surface area contributed by atoms with Gasteiger partial charge in [-0.3, -0.25) is 9.59 Å². The van der Waals surface area contributed by atoms with E-state index in [1.807, 2.05) is 4.90 Å². The second-order valence-corrected chi connectivity index (χ2v) is 7.83. The van der Waals surface area contributed by atoms with Gasteiger partial charge in [0.25, 0.3) is 5.91 Å². The van der Waals surface area contributed by atoms with Gasteiger partial charge in [0.05, 0.1) is 14.2 Å². The van der Waals surface area contributed by atoms with Crippen molar-refractivity contribution >= 4 is 11.8 Å². The molecule has 0 unspecified atom stereocenters. The van der Waals surface area contributed by atoms with Gasteiger partial charge in [0.1, 0.15) is 6.54 Å². The summed E-state index contributed by atoms with van der Waals surface area (Å²) < 4.78 is 10.6. The Labute approximate surface area is 179 Å². The summed E-state index contributed by atoms with van der Waals surface area (Å²) in [6.07, 6.45) is 3.67. The number of benzene rings is 1. The van der Waals surface area contributed by atoms with E-state index in [1.165, 1.54) is 19.3 Å². The lowest BCUT2D eigenvalue weighted by Gasteiger charge is -2.32. The van der Waals surface area contributed by atoms with Gasteiger partial charge in [0.15, 0.2) is 11.5 Å². The molecule has 0 saturated carbocycles. The van der Waals surface area contributed by atoms with Crippen LogP contribution in [0.25, 0.3) is 0 Å². The van der Waals surface area contributed by atoms with E-state index in [0.29, 0.717) is 36.7 Å². The molecule has 2 aliphatic rings. The van der Waals surface area contributed by atoms with Crippen LogP contribution in [0.4, 0.5) is 0 Å². The molecule has 0 bridgehead atoms. The number of rotatable bonds is 8. The summed E-state index contributed by atoms with van der Waals surface area (Å²) in [4.78, 5) is 32.1. The van der Waals surface area contributed by atoms with Gasteiger partial charge in [0.2, 0.25) is 5.91 Å². The van der Waals surface area contributed by atoms with Crippen LogP contribution in [0.15, 0.2) is 18.2 Å². The number of hydrogen-bond donors (Lipinski definition) is 1. The molecule has 2 fully saturated rings. The minimum atomic E-state index is -0.156. The molecule has 8 nitrogen and oxygen atoms in total. The lowest BCUT2D eigenvalue weighted by Crippen LogP contribution is -2.51. The largest absolute Gasteiger partial charge is 0.493 e. The molecule has 2 heterocycles. The fraction of sp³-hybridized carbons (Fsp3) is 0.636. The minimum absolute atomic E-state index is 0.00368. The van der Waals surface area contributed by atoms with Crippen molar-refractivity contribution in [3.63, 3.8) is 0 Å². The predicted octanol–water partition coefficient (Wildman–Crippen LogP) is 1.06. The van der Waals surface area contributed by atoms with Crippen molar-refractivity contribution in [2.75, 3.05) is 73.1 Å². The first-order valence-electron chi connectivity index (χ1n) is 10.8. The molecule has 0 spiro atoms. The summed E-state index contributed by atoms with van der Waals surface area (Å²) in [6, 6.07) is 5.14. The molecule has 1 aromatic carbocycles. The number of hydrogen-bond acceptors (Lipinski definition) is 6. The number of nitrogens with one attached hydrogen (secondary N) is 1. The van der Waals surface area contributed by atoms with E-state index in [9.17, 15) is 9.59 Å². The van der Waals surface area contributed by atoms with E-state index in [1.54, 1.807) is 37.3 Å².